The Morgan fingerprint density at radius 3 is 2.67 bits per heavy atom. The van der Waals surface area contributed by atoms with Crippen molar-refractivity contribution in [3.8, 4) is 5.69 Å². The van der Waals surface area contributed by atoms with Gasteiger partial charge in [0.1, 0.15) is 5.82 Å². The number of rotatable bonds is 6. The SMILES string of the molecule is Cc1ccc(C)c(-n2ccnc2SCC(=O)NC2CCN(C(=O)c3ccccc3F)CC2)c1. The summed E-state index contributed by atoms with van der Waals surface area (Å²) in [6, 6.07) is 12.3. The van der Waals surface area contributed by atoms with Crippen molar-refractivity contribution in [2.45, 2.75) is 37.9 Å². The van der Waals surface area contributed by atoms with E-state index in [0.717, 1.165) is 22.0 Å². The van der Waals surface area contributed by atoms with Crippen LogP contribution >= 0.6 is 11.8 Å². The molecule has 0 atom stereocenters. The molecule has 0 bridgehead atoms. The number of likely N-dealkylation sites (tertiary alicyclic amines) is 1. The summed E-state index contributed by atoms with van der Waals surface area (Å²) in [4.78, 5) is 31.2. The zero-order chi connectivity index (χ0) is 23.4. The Morgan fingerprint density at radius 2 is 1.91 bits per heavy atom. The molecular weight excluding hydrogens is 439 g/mol. The van der Waals surface area contributed by atoms with E-state index in [1.165, 1.54) is 23.9 Å². The summed E-state index contributed by atoms with van der Waals surface area (Å²) < 4.78 is 15.9. The quantitative estimate of drug-likeness (QED) is 0.555. The van der Waals surface area contributed by atoms with Crippen molar-refractivity contribution in [2.24, 2.45) is 0 Å². The molecule has 1 aromatic heterocycles. The normalized spacial score (nSPS) is 14.3. The van der Waals surface area contributed by atoms with Crippen molar-refractivity contribution < 1.29 is 14.0 Å². The standard InChI is InChI=1S/C25H27FN4O2S/c1-17-7-8-18(2)22(15-17)30-14-11-27-25(30)33-16-23(31)28-19-9-12-29(13-10-19)24(32)20-5-3-4-6-21(20)26/h3-8,11,14-15,19H,9-10,12-13,16H2,1-2H3,(H,28,31). The van der Waals surface area contributed by atoms with Crippen molar-refractivity contribution in [3.05, 3.63) is 77.4 Å². The van der Waals surface area contributed by atoms with Crippen molar-refractivity contribution in [1.29, 1.82) is 0 Å². The van der Waals surface area contributed by atoms with E-state index in [0.29, 0.717) is 25.9 Å². The van der Waals surface area contributed by atoms with Gasteiger partial charge in [0.25, 0.3) is 5.91 Å². The van der Waals surface area contributed by atoms with Gasteiger partial charge in [-0.25, -0.2) is 9.37 Å². The Kier molecular flexibility index (Phi) is 7.13. The van der Waals surface area contributed by atoms with Crippen LogP contribution in [0.5, 0.6) is 0 Å². The topological polar surface area (TPSA) is 67.2 Å². The molecular formula is C25H27FN4O2S. The minimum Gasteiger partial charge on any atom is -0.353 e. The van der Waals surface area contributed by atoms with Gasteiger partial charge in [-0.1, -0.05) is 36.0 Å². The summed E-state index contributed by atoms with van der Waals surface area (Å²) in [5.41, 5.74) is 3.46. The summed E-state index contributed by atoms with van der Waals surface area (Å²) in [6.07, 6.45) is 4.94. The fourth-order valence-corrected chi connectivity index (χ4v) is 4.77. The molecule has 0 saturated carbocycles. The predicted molar refractivity (Wildman–Crippen MR) is 127 cm³/mol. The van der Waals surface area contributed by atoms with Gasteiger partial charge in [0.2, 0.25) is 5.91 Å². The van der Waals surface area contributed by atoms with E-state index < -0.39 is 5.82 Å². The molecule has 1 N–H and O–H groups in total. The third-order valence-electron chi connectivity index (χ3n) is 5.81. The molecule has 1 saturated heterocycles. The zero-order valence-electron chi connectivity index (χ0n) is 18.8. The number of hydrogen-bond acceptors (Lipinski definition) is 4. The highest BCUT2D eigenvalue weighted by Gasteiger charge is 2.26. The molecule has 1 fully saturated rings. The maximum Gasteiger partial charge on any atom is 0.256 e. The second-order valence-electron chi connectivity index (χ2n) is 8.27. The van der Waals surface area contributed by atoms with Gasteiger partial charge in [-0.3, -0.25) is 14.2 Å². The molecule has 0 unspecified atom stereocenters. The Morgan fingerprint density at radius 1 is 1.15 bits per heavy atom. The fourth-order valence-electron chi connectivity index (χ4n) is 3.99. The van der Waals surface area contributed by atoms with E-state index in [1.807, 2.05) is 10.8 Å². The average molecular weight is 467 g/mol. The van der Waals surface area contributed by atoms with Gasteiger partial charge in [0.05, 0.1) is 17.0 Å². The van der Waals surface area contributed by atoms with Crippen LogP contribution in [0.15, 0.2) is 60.0 Å². The third kappa shape index (κ3) is 5.45. The summed E-state index contributed by atoms with van der Waals surface area (Å²) in [5.74, 6) is -0.605. The van der Waals surface area contributed by atoms with Crippen LogP contribution in [0.1, 0.15) is 34.3 Å². The predicted octanol–water partition coefficient (Wildman–Crippen LogP) is 4.14. The van der Waals surface area contributed by atoms with Gasteiger partial charge < -0.3 is 10.2 Å². The smallest absolute Gasteiger partial charge is 0.256 e. The van der Waals surface area contributed by atoms with E-state index in [-0.39, 0.29) is 29.2 Å². The number of carbonyl (C=O) groups excluding carboxylic acids is 2. The number of nitrogens with one attached hydrogen (secondary N) is 1. The van der Waals surface area contributed by atoms with Crippen LogP contribution in [0.2, 0.25) is 0 Å². The van der Waals surface area contributed by atoms with Gasteiger partial charge in [0, 0.05) is 31.5 Å². The number of imidazole rings is 1. The Labute approximate surface area is 197 Å². The number of carbonyl (C=O) groups is 2. The zero-order valence-corrected chi connectivity index (χ0v) is 19.6. The molecule has 172 valence electrons. The molecule has 2 amide bonds. The Bertz CT molecular complexity index is 1150. The number of benzene rings is 2. The minimum atomic E-state index is -0.505. The number of aryl methyl sites for hydroxylation is 2. The van der Waals surface area contributed by atoms with E-state index in [2.05, 4.69) is 42.3 Å². The van der Waals surface area contributed by atoms with E-state index in [1.54, 1.807) is 23.2 Å². The lowest BCUT2D eigenvalue weighted by molar-refractivity contribution is -0.119. The van der Waals surface area contributed by atoms with E-state index >= 15 is 0 Å². The molecule has 0 aliphatic carbocycles. The molecule has 2 aromatic carbocycles. The molecule has 1 aliphatic rings. The summed E-state index contributed by atoms with van der Waals surface area (Å²) in [7, 11) is 0. The first-order valence-electron chi connectivity index (χ1n) is 11.0. The molecule has 3 aromatic rings. The first-order valence-corrected chi connectivity index (χ1v) is 12.0. The van der Waals surface area contributed by atoms with Crippen LogP contribution < -0.4 is 5.32 Å². The van der Waals surface area contributed by atoms with Crippen molar-refractivity contribution in [3.63, 3.8) is 0 Å². The van der Waals surface area contributed by atoms with E-state index in [4.69, 9.17) is 0 Å². The van der Waals surface area contributed by atoms with Crippen molar-refractivity contribution in [1.82, 2.24) is 19.8 Å². The highest BCUT2D eigenvalue weighted by molar-refractivity contribution is 7.99. The summed E-state index contributed by atoms with van der Waals surface area (Å²) >= 11 is 1.40. The summed E-state index contributed by atoms with van der Waals surface area (Å²) in [5, 5.41) is 3.83. The molecule has 0 spiro atoms. The van der Waals surface area contributed by atoms with Crippen LogP contribution in [-0.4, -0.2) is 51.1 Å². The maximum absolute atomic E-state index is 13.9. The largest absolute Gasteiger partial charge is 0.353 e. The Hall–Kier alpha value is -3.13. The number of aromatic nitrogens is 2. The van der Waals surface area contributed by atoms with Gasteiger partial charge >= 0.3 is 0 Å². The van der Waals surface area contributed by atoms with Crippen molar-refractivity contribution >= 4 is 23.6 Å². The number of hydrogen-bond donors (Lipinski definition) is 1. The Balaban J connectivity index is 1.28. The van der Waals surface area contributed by atoms with Gasteiger partial charge in [-0.2, -0.15) is 0 Å². The van der Waals surface area contributed by atoms with Gasteiger partial charge in [-0.05, 0) is 56.0 Å². The first kappa shape index (κ1) is 23.0. The highest BCUT2D eigenvalue weighted by atomic mass is 32.2. The second-order valence-corrected chi connectivity index (χ2v) is 9.21. The van der Waals surface area contributed by atoms with Gasteiger partial charge in [-0.15, -0.1) is 0 Å². The van der Waals surface area contributed by atoms with Crippen LogP contribution in [0.3, 0.4) is 0 Å². The first-order chi connectivity index (χ1) is 15.9. The number of halogens is 1. The number of thioether (sulfide) groups is 1. The highest BCUT2D eigenvalue weighted by Crippen LogP contribution is 2.24. The minimum absolute atomic E-state index is 0.00142. The maximum atomic E-state index is 13.9. The fraction of sp³-hybridized carbons (Fsp3) is 0.320. The number of amides is 2. The van der Waals surface area contributed by atoms with Crippen LogP contribution in [0, 0.1) is 19.7 Å². The third-order valence-corrected chi connectivity index (χ3v) is 6.78. The second kappa shape index (κ2) is 10.2. The lowest BCUT2D eigenvalue weighted by atomic mass is 10.0. The van der Waals surface area contributed by atoms with Crippen LogP contribution in [0.25, 0.3) is 5.69 Å². The average Bonchev–Trinajstić information content (AvgIpc) is 3.28. The monoisotopic (exact) mass is 466 g/mol. The van der Waals surface area contributed by atoms with Crippen molar-refractivity contribution in [2.75, 3.05) is 18.8 Å². The molecule has 2 heterocycles. The molecule has 6 nitrogen and oxygen atoms in total. The number of piperidine rings is 1. The molecule has 4 rings (SSSR count). The van der Waals surface area contributed by atoms with Gasteiger partial charge in [0.15, 0.2) is 5.16 Å². The molecule has 1 aliphatic heterocycles. The lowest BCUT2D eigenvalue weighted by Gasteiger charge is -2.32. The molecule has 8 heteroatoms. The van der Waals surface area contributed by atoms with Crippen LogP contribution in [-0.2, 0) is 4.79 Å². The molecule has 33 heavy (non-hydrogen) atoms. The summed E-state index contributed by atoms with van der Waals surface area (Å²) in [6.45, 7) is 5.08. The molecule has 0 radical (unpaired) electrons. The van der Waals surface area contributed by atoms with E-state index in [9.17, 15) is 14.0 Å². The van der Waals surface area contributed by atoms with Crippen LogP contribution in [0.4, 0.5) is 4.39 Å². The lowest BCUT2D eigenvalue weighted by Crippen LogP contribution is -2.47. The number of nitrogens with zero attached hydrogens (tertiary/aromatic N) is 3.